The SMILES string of the molecule is C.C.C.C.C.CSc1nc(C)c(C)c(=O)[nH]1.CSc1nc(C)c(C)c(Cl)n1.II.[2HH].[CH-]=NC(=[CH-])N.[CH-]=NC(=[CH-])Nc1nc(CC)nc(C)c1C.[CH-]=NC(=[CH-])Nc1nc(S(C)(=O)=O)nc(C)c1C.[CH-]=NC(=[CH-])Nc1nc(SC)nc(C)c1C.[Y].[Y].[Y].[Y]. The van der Waals surface area contributed by atoms with Gasteiger partial charge >= 0.3 is 0 Å². The fourth-order valence-electron chi connectivity index (χ4n) is 4.51. The molecule has 21 nitrogen and oxygen atoms in total. The van der Waals surface area contributed by atoms with Crippen LogP contribution in [0.4, 0.5) is 17.5 Å². The Morgan fingerprint density at radius 3 is 1.20 bits per heavy atom. The van der Waals surface area contributed by atoms with E-state index in [0.717, 1.165) is 63.1 Å². The molecule has 5 heterocycles. The van der Waals surface area contributed by atoms with Crippen molar-refractivity contribution in [3.8, 4) is 0 Å². The predicted molar refractivity (Wildman–Crippen MR) is 367 cm³/mol. The van der Waals surface area contributed by atoms with Gasteiger partial charge in [-0.05, 0) is 88.0 Å². The Hall–Kier alpha value is -0.794. The van der Waals surface area contributed by atoms with Crippen molar-refractivity contribution in [2.45, 2.75) is 140 Å². The third-order valence-electron chi connectivity index (χ3n) is 9.37. The molecule has 0 fully saturated rings. The van der Waals surface area contributed by atoms with E-state index in [4.69, 9.17) is 63.8 Å². The molecule has 6 N–H and O–H groups in total. The zero-order valence-corrected chi connectivity index (χ0v) is 66.7. The molecule has 0 aliphatic rings. The van der Waals surface area contributed by atoms with Crippen molar-refractivity contribution in [2.75, 3.05) is 41.0 Å². The average Bonchev–Trinajstić information content (AvgIpc) is 3.39. The first kappa shape index (κ1) is 109. The monoisotopic (exact) mass is 1790 g/mol. The van der Waals surface area contributed by atoms with E-state index in [2.05, 4.69) is 130 Å². The molecule has 5 rings (SSSR count). The molecule has 0 atom stereocenters. The predicted octanol–water partition coefficient (Wildman–Crippen LogP) is 13.3. The zero-order valence-electron chi connectivity index (χ0n) is 47.0. The minimum atomic E-state index is -3.48. The van der Waals surface area contributed by atoms with Gasteiger partial charge in [0.2, 0.25) is 15.0 Å². The maximum absolute atomic E-state index is 11.4. The van der Waals surface area contributed by atoms with Crippen LogP contribution >= 0.6 is 84.1 Å². The molecule has 0 bridgehead atoms. The van der Waals surface area contributed by atoms with Crippen molar-refractivity contribution < 1.29 is 141 Å². The van der Waals surface area contributed by atoms with Gasteiger partial charge < -0.3 is 73.0 Å². The quantitative estimate of drug-likeness (QED) is 0.0162. The second kappa shape index (κ2) is 58.3. The first-order chi connectivity index (χ1) is 35.5. The first-order valence-corrected chi connectivity index (χ1v) is 33.5. The summed E-state index contributed by atoms with van der Waals surface area (Å²) < 4.78 is 22.7. The number of nitrogens with zero attached hydrogens (tertiary/aromatic N) is 13. The number of aryl methyl sites for hydroxylation is 6. The second-order valence-corrected chi connectivity index (χ2v) is 19.2. The number of aliphatic imine (C=N–C) groups is 4. The van der Waals surface area contributed by atoms with E-state index < -0.39 is 9.84 Å². The summed E-state index contributed by atoms with van der Waals surface area (Å²) in [6.07, 6.45) is 7.53. The molecule has 0 aliphatic heterocycles. The molecule has 0 aromatic carbocycles. The summed E-state index contributed by atoms with van der Waals surface area (Å²) in [4.78, 5) is 63.9. The minimum absolute atomic E-state index is 0. The van der Waals surface area contributed by atoms with Crippen LogP contribution < -0.4 is 27.2 Å². The zero-order chi connectivity index (χ0) is 59.2. The van der Waals surface area contributed by atoms with E-state index in [1.54, 1.807) is 20.8 Å². The summed E-state index contributed by atoms with van der Waals surface area (Å²) >= 11 is 14.5. The number of aromatic amines is 1. The summed E-state index contributed by atoms with van der Waals surface area (Å²) in [7, 11) is -3.48. The largest absolute Gasteiger partial charge is 0.577 e. The van der Waals surface area contributed by atoms with Crippen LogP contribution in [0.2, 0.25) is 5.15 Å². The molecule has 4 radical (unpaired) electrons. The number of aromatic nitrogens is 10. The number of rotatable bonds is 15. The van der Waals surface area contributed by atoms with Crippen LogP contribution in [0.25, 0.3) is 0 Å². The van der Waals surface area contributed by atoms with Gasteiger partial charge in [0.15, 0.2) is 15.5 Å². The normalized spacial score (nSPS) is 8.73. The molecule has 5 aromatic rings. The van der Waals surface area contributed by atoms with E-state index in [-0.39, 0.29) is 209 Å². The standard InChI is InChI=1S/C11H14N4.C10H12N4O2S.C10H12N4S.C7H9ClN2S.C7H10N2OS.C3H4N2.5CH4.I2.4Y.H2/c1-6-10-13-8(3)7(2)11(15-10)14-9(4)12-5;1-6-7(2)12-10(17(5,15)16)14-9(6)13-8(3)11-4;1-6-7(2)12-10(15-5)14-9(6)13-8(3)11-4;1-4-5(2)9-7(11-3)10-6(4)8;1-4-5(2)8-7(11-3)9-6(4)10;1-3(4)5-2;;;;;;1-2;;;;;/h4-5H,6H2,1-3H3,(H,13,14,15);3-4H,1-2,5H3,(H,12,13,14);3-4H,1-2,5H3,(H,12,13,14);1-3H3;1-3H3,(H,8,9,10);1-2H,4H2;5*1H4;;;;;;1H/q3*-2;;;-2;;;;;;;;;;;/i;;;;;;;;;;;;;;;;1+1. The van der Waals surface area contributed by atoms with Crippen molar-refractivity contribution in [3.05, 3.63) is 127 Å². The van der Waals surface area contributed by atoms with Gasteiger partial charge in [-0.15, -0.1) is 0 Å². The summed E-state index contributed by atoms with van der Waals surface area (Å²) in [5, 5.41) is 10.6. The Morgan fingerprint density at radius 2 is 0.882 bits per heavy atom. The first-order valence-electron chi connectivity index (χ1n) is 21.3. The molecule has 0 saturated carbocycles. The average molecular weight is 1790 g/mol. The van der Waals surface area contributed by atoms with Crippen LogP contribution in [0, 0.1) is 95.6 Å². The number of sulfone groups is 1. The summed E-state index contributed by atoms with van der Waals surface area (Å²) in [5.74, 6) is 2.44. The molecule has 0 spiro atoms. The van der Waals surface area contributed by atoms with Crippen LogP contribution in [0.1, 0.15) is 108 Å². The number of halogens is 3. The van der Waals surface area contributed by atoms with Gasteiger partial charge in [0.05, 0.1) is 0 Å². The summed E-state index contributed by atoms with van der Waals surface area (Å²) in [6, 6.07) is 0. The van der Waals surface area contributed by atoms with Crippen LogP contribution in [-0.4, -0.2) is 110 Å². The van der Waals surface area contributed by atoms with Crippen molar-refractivity contribution in [1.29, 1.82) is 0 Å². The smallest absolute Gasteiger partial charge is 0.254 e. The third-order valence-corrected chi connectivity index (χ3v) is 12.3. The molecule has 0 unspecified atom stereocenters. The molecule has 0 saturated heterocycles. The Balaban J connectivity index is -0.0000000757. The van der Waals surface area contributed by atoms with Gasteiger partial charge in [-0.1, -0.05) is 90.9 Å². The van der Waals surface area contributed by atoms with Gasteiger partial charge in [-0.25, -0.2) is 76.6 Å². The fourth-order valence-corrected chi connectivity index (χ4v) is 6.58. The van der Waals surface area contributed by atoms with E-state index in [1.807, 2.05) is 74.2 Å². The molecule has 0 amide bonds. The Labute approximate surface area is 653 Å². The van der Waals surface area contributed by atoms with Crippen molar-refractivity contribution in [2.24, 2.45) is 25.7 Å². The fraction of sp³-hybridized carbons (Fsp3) is 0.396. The molecule has 468 valence electrons. The molecule has 85 heavy (non-hydrogen) atoms. The van der Waals surface area contributed by atoms with E-state index >= 15 is 0 Å². The summed E-state index contributed by atoms with van der Waals surface area (Å²) in [6.45, 7) is 61.1. The molecule has 5 aromatic heterocycles. The Morgan fingerprint density at radius 1 is 0.553 bits per heavy atom. The van der Waals surface area contributed by atoms with Crippen LogP contribution in [-0.2, 0) is 147 Å². The molecule has 32 heteroatoms. The third kappa shape index (κ3) is 42.8. The number of hydrogen-bond acceptors (Lipinski definition) is 23. The van der Waals surface area contributed by atoms with Gasteiger partial charge in [0, 0.05) is 238 Å². The Bertz CT molecular complexity index is 2970. The second-order valence-electron chi connectivity index (χ2n) is 14.6. The van der Waals surface area contributed by atoms with E-state index in [9.17, 15) is 13.2 Å². The van der Waals surface area contributed by atoms with Crippen molar-refractivity contribution in [3.63, 3.8) is 0 Å². The minimum Gasteiger partial charge on any atom is -0.577 e. The molecule has 0 aliphatic carbocycles. The van der Waals surface area contributed by atoms with E-state index in [0.29, 0.717) is 43.9 Å². The number of H-pyrrole nitrogens is 1. The van der Waals surface area contributed by atoms with Crippen molar-refractivity contribution >= 4 is 138 Å². The maximum atomic E-state index is 11.4. The number of hydrogen-bond donors (Lipinski definition) is 5. The number of nitrogens with two attached hydrogens (primary N) is 1. The van der Waals surface area contributed by atoms with Crippen LogP contribution in [0.5, 0.6) is 0 Å². The van der Waals surface area contributed by atoms with Gasteiger partial charge in [0.25, 0.3) is 5.56 Å². The number of nitrogens with one attached hydrogen (secondary N) is 4. The van der Waals surface area contributed by atoms with Gasteiger partial charge in [-0.2, -0.15) is 26.9 Å². The molecular formula is C53H83ClI2N18O3S4Y4-8. The number of thioether (sulfide) groups is 3. The van der Waals surface area contributed by atoms with Gasteiger partial charge in [0.1, 0.15) is 28.4 Å². The summed E-state index contributed by atoms with van der Waals surface area (Å²) in [5.41, 5.74) is 13.0. The van der Waals surface area contributed by atoms with Crippen LogP contribution in [0.3, 0.4) is 0 Å². The van der Waals surface area contributed by atoms with E-state index in [1.165, 1.54) is 35.3 Å². The van der Waals surface area contributed by atoms with Gasteiger partial charge in [-0.3, -0.25) is 4.79 Å². The van der Waals surface area contributed by atoms with Crippen LogP contribution in [0.15, 0.2) is 68.7 Å². The maximum Gasteiger partial charge on any atom is 0.254 e. The topological polar surface area (TPSA) is 295 Å². The van der Waals surface area contributed by atoms with Crippen molar-refractivity contribution in [1.82, 2.24) is 49.8 Å². The number of anilines is 3. The Kier molecular flexibility index (Phi) is 74.6. The molecular weight excluding hydrogens is 1710 g/mol.